The van der Waals surface area contributed by atoms with E-state index in [1.165, 1.54) is 193 Å². The van der Waals surface area contributed by atoms with Crippen LogP contribution in [-0.2, 0) is 9.59 Å². The van der Waals surface area contributed by atoms with Crippen molar-refractivity contribution >= 4 is 11.8 Å². The topological polar surface area (TPSA) is 58.2 Å². The van der Waals surface area contributed by atoms with Gasteiger partial charge in [0, 0.05) is 25.9 Å². The Morgan fingerprint density at radius 3 is 0.824 bits per heavy atom. The summed E-state index contributed by atoms with van der Waals surface area (Å²) in [5.41, 5.74) is 0. The van der Waals surface area contributed by atoms with E-state index in [0.29, 0.717) is 25.9 Å². The average Bonchev–Trinajstić information content (AvgIpc) is 3.13. The molecule has 0 aliphatic carbocycles. The molecule has 51 heavy (non-hydrogen) atoms. The van der Waals surface area contributed by atoms with E-state index in [0.717, 1.165) is 32.1 Å². The Balaban J connectivity index is 3.29. The Kier molecular flexibility index (Phi) is 43.2. The van der Waals surface area contributed by atoms with Crippen LogP contribution in [-0.4, -0.2) is 24.9 Å². The van der Waals surface area contributed by atoms with E-state index in [1.54, 1.807) is 0 Å². The zero-order valence-corrected chi connectivity index (χ0v) is 34.7. The summed E-state index contributed by atoms with van der Waals surface area (Å²) in [5, 5.41) is 6.05. The van der Waals surface area contributed by atoms with Gasteiger partial charge in [-0.2, -0.15) is 0 Å². The van der Waals surface area contributed by atoms with Crippen LogP contribution in [0.3, 0.4) is 0 Å². The largest absolute Gasteiger partial charge is 0.356 e. The van der Waals surface area contributed by atoms with Gasteiger partial charge in [0.1, 0.15) is 0 Å². The first-order chi connectivity index (χ1) is 25.2. The highest BCUT2D eigenvalue weighted by Gasteiger charge is 2.03. The van der Waals surface area contributed by atoms with Crippen LogP contribution in [0.1, 0.15) is 251 Å². The molecule has 0 aromatic heterocycles. The number of unbranched alkanes of at least 4 members (excludes halogenated alkanes) is 30. The fourth-order valence-corrected chi connectivity index (χ4v) is 6.85. The number of nitrogens with one attached hydrogen (secondary N) is 2. The SMILES string of the molecule is CCCCCCCC/C=C\CCCCCCCCCCCC(=O)NCCCNC(=O)CCCCCCCCCCC/C=C\CCCCCCCC. The maximum atomic E-state index is 12.1. The van der Waals surface area contributed by atoms with Crippen molar-refractivity contribution in [2.24, 2.45) is 0 Å². The summed E-state index contributed by atoms with van der Waals surface area (Å²) in [6, 6.07) is 0. The van der Waals surface area contributed by atoms with Gasteiger partial charge in [0.2, 0.25) is 11.8 Å². The highest BCUT2D eigenvalue weighted by Crippen LogP contribution is 2.14. The molecule has 2 N–H and O–H groups in total. The van der Waals surface area contributed by atoms with Crippen molar-refractivity contribution < 1.29 is 9.59 Å². The predicted octanol–water partition coefficient (Wildman–Crippen LogP) is 14.8. The maximum Gasteiger partial charge on any atom is 0.219 e. The number of carbonyl (C=O) groups excluding carboxylic acids is 2. The van der Waals surface area contributed by atoms with E-state index in [1.807, 2.05) is 0 Å². The molecule has 4 nitrogen and oxygen atoms in total. The Morgan fingerprint density at radius 1 is 0.314 bits per heavy atom. The van der Waals surface area contributed by atoms with Crippen LogP contribution in [0.25, 0.3) is 0 Å². The lowest BCUT2D eigenvalue weighted by Crippen LogP contribution is -2.29. The van der Waals surface area contributed by atoms with Gasteiger partial charge in [0.15, 0.2) is 0 Å². The van der Waals surface area contributed by atoms with Crippen molar-refractivity contribution in [2.75, 3.05) is 13.1 Å². The van der Waals surface area contributed by atoms with Gasteiger partial charge in [-0.1, -0.05) is 192 Å². The molecule has 4 heteroatoms. The van der Waals surface area contributed by atoms with E-state index < -0.39 is 0 Å². The van der Waals surface area contributed by atoms with Gasteiger partial charge in [-0.3, -0.25) is 9.59 Å². The summed E-state index contributed by atoms with van der Waals surface area (Å²) in [6.45, 7) is 5.88. The molecule has 0 aromatic carbocycles. The van der Waals surface area contributed by atoms with Gasteiger partial charge in [-0.05, 0) is 70.6 Å². The zero-order valence-electron chi connectivity index (χ0n) is 34.7. The lowest BCUT2D eigenvalue weighted by molar-refractivity contribution is -0.121. The lowest BCUT2D eigenvalue weighted by atomic mass is 10.1. The first-order valence-corrected chi connectivity index (χ1v) is 23.0. The maximum absolute atomic E-state index is 12.1. The Bertz CT molecular complexity index is 699. The molecule has 0 radical (unpaired) electrons. The molecule has 300 valence electrons. The molecule has 0 aliphatic heterocycles. The number of rotatable bonds is 42. The second-order valence-electron chi connectivity index (χ2n) is 15.6. The van der Waals surface area contributed by atoms with Crippen molar-refractivity contribution in [2.45, 2.75) is 251 Å². The van der Waals surface area contributed by atoms with Gasteiger partial charge in [0.25, 0.3) is 0 Å². The van der Waals surface area contributed by atoms with Gasteiger partial charge in [-0.25, -0.2) is 0 Å². The van der Waals surface area contributed by atoms with E-state index in [4.69, 9.17) is 0 Å². The number of hydrogen-bond acceptors (Lipinski definition) is 2. The van der Waals surface area contributed by atoms with Crippen LogP contribution in [0.5, 0.6) is 0 Å². The number of carbonyl (C=O) groups is 2. The third-order valence-corrected chi connectivity index (χ3v) is 10.3. The molecule has 0 aliphatic rings. The molecule has 0 heterocycles. The van der Waals surface area contributed by atoms with E-state index >= 15 is 0 Å². The Labute approximate surface area is 320 Å². The normalized spacial score (nSPS) is 11.6. The highest BCUT2D eigenvalue weighted by atomic mass is 16.2. The van der Waals surface area contributed by atoms with Crippen molar-refractivity contribution in [1.29, 1.82) is 0 Å². The molecule has 0 atom stereocenters. The van der Waals surface area contributed by atoms with Gasteiger partial charge in [0.05, 0.1) is 0 Å². The number of hydrogen-bond donors (Lipinski definition) is 2. The minimum Gasteiger partial charge on any atom is -0.356 e. The summed E-state index contributed by atoms with van der Waals surface area (Å²) in [4.78, 5) is 24.2. The lowest BCUT2D eigenvalue weighted by Gasteiger charge is -2.07. The monoisotopic (exact) mass is 715 g/mol. The van der Waals surface area contributed by atoms with Crippen molar-refractivity contribution in [3.63, 3.8) is 0 Å². The highest BCUT2D eigenvalue weighted by molar-refractivity contribution is 5.76. The molecule has 0 saturated carbocycles. The summed E-state index contributed by atoms with van der Waals surface area (Å²) in [5.74, 6) is 0.321. The van der Waals surface area contributed by atoms with Crippen LogP contribution in [0.15, 0.2) is 24.3 Å². The van der Waals surface area contributed by atoms with Crippen LogP contribution < -0.4 is 10.6 Å². The quantitative estimate of drug-likeness (QED) is 0.0488. The van der Waals surface area contributed by atoms with Crippen LogP contribution in [0.2, 0.25) is 0 Å². The Morgan fingerprint density at radius 2 is 0.549 bits per heavy atom. The summed E-state index contributed by atoms with van der Waals surface area (Å²) in [7, 11) is 0. The number of amides is 2. The summed E-state index contributed by atoms with van der Waals surface area (Å²) < 4.78 is 0. The second kappa shape index (κ2) is 44.6. The smallest absolute Gasteiger partial charge is 0.219 e. The molecule has 0 spiro atoms. The van der Waals surface area contributed by atoms with Crippen molar-refractivity contribution in [3.8, 4) is 0 Å². The van der Waals surface area contributed by atoms with E-state index in [9.17, 15) is 9.59 Å². The molecular weight excluding hydrogens is 625 g/mol. The van der Waals surface area contributed by atoms with E-state index in [2.05, 4.69) is 48.8 Å². The van der Waals surface area contributed by atoms with Crippen molar-refractivity contribution in [3.05, 3.63) is 24.3 Å². The van der Waals surface area contributed by atoms with E-state index in [-0.39, 0.29) is 11.8 Å². The standard InChI is InChI=1S/C47H90N2O2/c1-3-5-7-9-11-13-15-17-19-21-23-25-27-29-31-33-35-37-39-42-46(50)48-44-41-45-49-47(51)43-40-38-36-34-32-30-28-26-24-22-20-18-16-14-12-10-8-6-4-2/h17-20H,3-16,21-45H2,1-2H3,(H,48,50)(H,49,51)/b19-17-,20-18-. The summed E-state index contributed by atoms with van der Waals surface area (Å²) in [6.07, 6.45) is 56.4. The second-order valence-corrected chi connectivity index (χ2v) is 15.6. The van der Waals surface area contributed by atoms with Crippen LogP contribution >= 0.6 is 0 Å². The molecule has 0 bridgehead atoms. The van der Waals surface area contributed by atoms with Gasteiger partial charge < -0.3 is 10.6 Å². The minimum atomic E-state index is 0.161. The molecule has 0 saturated heterocycles. The first kappa shape index (κ1) is 49.4. The average molecular weight is 715 g/mol. The fourth-order valence-electron chi connectivity index (χ4n) is 6.85. The Hall–Kier alpha value is -1.58. The third-order valence-electron chi connectivity index (χ3n) is 10.3. The molecule has 0 unspecified atom stereocenters. The fraction of sp³-hybridized carbons (Fsp3) is 0.872. The van der Waals surface area contributed by atoms with Crippen molar-refractivity contribution in [1.82, 2.24) is 10.6 Å². The predicted molar refractivity (Wildman–Crippen MR) is 226 cm³/mol. The van der Waals surface area contributed by atoms with Gasteiger partial charge in [-0.15, -0.1) is 0 Å². The minimum absolute atomic E-state index is 0.161. The van der Waals surface area contributed by atoms with Gasteiger partial charge >= 0.3 is 0 Å². The molecule has 0 fully saturated rings. The zero-order chi connectivity index (χ0) is 37.0. The molecule has 2 amide bonds. The number of allylic oxidation sites excluding steroid dienone is 4. The molecule has 0 aromatic rings. The third kappa shape index (κ3) is 44.5. The summed E-state index contributed by atoms with van der Waals surface area (Å²) >= 11 is 0. The van der Waals surface area contributed by atoms with Crippen LogP contribution in [0.4, 0.5) is 0 Å². The molecular formula is C47H90N2O2. The van der Waals surface area contributed by atoms with Crippen LogP contribution in [0, 0.1) is 0 Å². The molecule has 0 rings (SSSR count). The first-order valence-electron chi connectivity index (χ1n) is 23.0.